The van der Waals surface area contributed by atoms with E-state index in [1.165, 1.54) is 19.3 Å². The Kier molecular flexibility index (Phi) is 13.8. The van der Waals surface area contributed by atoms with E-state index < -0.39 is 28.2 Å². The summed E-state index contributed by atoms with van der Waals surface area (Å²) < 4.78 is 31.6. The highest BCUT2D eigenvalue weighted by Gasteiger charge is 2.67. The van der Waals surface area contributed by atoms with E-state index in [-0.39, 0.29) is 74.3 Å². The van der Waals surface area contributed by atoms with Crippen LogP contribution in [0, 0.1) is 100 Å². The number of carbonyl (C=O) groups excluding carboxylic acids is 6. The third-order valence-corrected chi connectivity index (χ3v) is 17.0. The highest BCUT2D eigenvalue weighted by Crippen LogP contribution is 2.71. The van der Waals surface area contributed by atoms with Crippen LogP contribution >= 0.6 is 0 Å². The molecule has 0 aromatic heterocycles. The van der Waals surface area contributed by atoms with Gasteiger partial charge >= 0.3 is 35.8 Å². The summed E-state index contributed by atoms with van der Waals surface area (Å²) in [6.45, 7) is 18.4. The fraction of sp³-hybridized carbons (Fsp3) is 0.782. The zero-order chi connectivity index (χ0) is 48.4. The molecule has 0 aromatic rings. The molecular formula is C55H78O12. The summed E-state index contributed by atoms with van der Waals surface area (Å²) in [7, 11) is 0. The van der Waals surface area contributed by atoms with E-state index in [2.05, 4.69) is 43.4 Å². The molecular weight excluding hydrogens is 853 g/mol. The van der Waals surface area contributed by atoms with E-state index in [0.29, 0.717) is 59.2 Å². The average molecular weight is 931 g/mol. The summed E-state index contributed by atoms with van der Waals surface area (Å²) in [5.41, 5.74) is -1.96. The molecule has 0 aliphatic heterocycles. The maximum absolute atomic E-state index is 12.8. The van der Waals surface area contributed by atoms with E-state index >= 15 is 0 Å². The molecule has 0 N–H and O–H groups in total. The maximum Gasteiger partial charge on any atom is 0.344 e. The number of fused-ring (bicyclic) bond motifs is 20. The number of esters is 6. The Balaban J connectivity index is 0.000000138. The predicted molar refractivity (Wildman–Crippen MR) is 248 cm³/mol. The molecule has 0 heterocycles. The lowest BCUT2D eigenvalue weighted by atomic mass is 9.63. The lowest BCUT2D eigenvalue weighted by molar-refractivity contribution is -0.174. The molecule has 12 heteroatoms. The van der Waals surface area contributed by atoms with E-state index in [1.54, 1.807) is 0 Å². The summed E-state index contributed by atoms with van der Waals surface area (Å²) in [5.74, 6) is 7.55. The Morgan fingerprint density at radius 1 is 0.493 bits per heavy atom. The van der Waals surface area contributed by atoms with Gasteiger partial charge in [-0.2, -0.15) is 0 Å². The second-order valence-electron chi connectivity index (χ2n) is 25.0. The molecule has 370 valence electrons. The molecule has 67 heavy (non-hydrogen) atoms. The molecule has 10 bridgehead atoms. The molecule has 17 atom stereocenters. The molecule has 12 nitrogen and oxygen atoms in total. The van der Waals surface area contributed by atoms with Gasteiger partial charge in [0.1, 0.15) is 30.0 Å². The van der Waals surface area contributed by atoms with E-state index in [1.807, 2.05) is 62.3 Å². The molecule has 0 saturated heterocycles. The monoisotopic (exact) mass is 931 g/mol. The first-order chi connectivity index (χ1) is 31.4. The van der Waals surface area contributed by atoms with Gasteiger partial charge in [0.15, 0.2) is 6.61 Å². The van der Waals surface area contributed by atoms with Crippen LogP contribution in [-0.2, 0) is 57.2 Å². The molecule has 7 saturated carbocycles. The zero-order valence-corrected chi connectivity index (χ0v) is 41.8. The highest BCUT2D eigenvalue weighted by atomic mass is 16.6. The van der Waals surface area contributed by atoms with Gasteiger partial charge in [0.25, 0.3) is 0 Å². The van der Waals surface area contributed by atoms with Crippen molar-refractivity contribution in [1.29, 1.82) is 0 Å². The van der Waals surface area contributed by atoms with Gasteiger partial charge in [-0.25, -0.2) is 4.79 Å². The standard InChI is InChI=1S/2C20H28O4.C15H22O4/c1-19(2,3)24-15(21)10-23-18(22)20(4)9-13-8-14(20)17-12-6-5-11(7-12)16(13)17;1-20(2,3)24-16(21)6-7-23-19(22)15-10-13-9-14(15)18-12-5-4-11(8-12)17(13)18;1-15(2,3)19-13(16)6-7-18-14(17)12-9-10-4-5-11(12)8-10/h5-6,11-14,16-17H,7-10H2,1-4H3;4-5,11-15,17-18H,6-10H2,1-3H3;4-5,10-12H,6-9H2,1-3H3. The normalized spacial score (nSPS) is 39.0. The van der Waals surface area contributed by atoms with Crippen LogP contribution in [0.15, 0.2) is 36.5 Å². The van der Waals surface area contributed by atoms with Crippen LogP contribution in [0.2, 0.25) is 0 Å². The Morgan fingerprint density at radius 3 is 1.51 bits per heavy atom. The molecule has 0 amide bonds. The van der Waals surface area contributed by atoms with Crippen molar-refractivity contribution in [2.75, 3.05) is 19.8 Å². The van der Waals surface area contributed by atoms with E-state index in [9.17, 15) is 28.8 Å². The minimum absolute atomic E-state index is 0.00589. The van der Waals surface area contributed by atoms with Crippen molar-refractivity contribution in [2.24, 2.45) is 100 Å². The van der Waals surface area contributed by atoms with Gasteiger partial charge in [-0.1, -0.05) is 36.5 Å². The van der Waals surface area contributed by atoms with Crippen LogP contribution in [0.4, 0.5) is 0 Å². The summed E-state index contributed by atoms with van der Waals surface area (Å²) in [5, 5.41) is 0. The smallest absolute Gasteiger partial charge is 0.344 e. The predicted octanol–water partition coefficient (Wildman–Crippen LogP) is 9.19. The SMILES string of the molecule is CC(C)(C)OC(=O)CCOC(=O)C1CC2C=CC1C2.CC(C)(C)OC(=O)CCOC(=O)C1CC2CC1C1C3C=CC(C3)C21.CC(C)(C)OC(=O)COC(=O)C1(C)CC2CC1C1C3C=CC(C3)C21. The van der Waals surface area contributed by atoms with Crippen LogP contribution < -0.4 is 0 Å². The minimum atomic E-state index is -0.553. The van der Waals surface area contributed by atoms with Gasteiger partial charge in [-0.3, -0.25) is 24.0 Å². The van der Waals surface area contributed by atoms with Crippen molar-refractivity contribution in [3.8, 4) is 0 Å². The molecule has 10 rings (SSSR count). The largest absolute Gasteiger partial charge is 0.465 e. The van der Waals surface area contributed by atoms with Crippen molar-refractivity contribution in [3.05, 3.63) is 36.5 Å². The van der Waals surface area contributed by atoms with Crippen molar-refractivity contribution in [3.63, 3.8) is 0 Å². The number of hydrogen-bond acceptors (Lipinski definition) is 12. The highest BCUT2D eigenvalue weighted by molar-refractivity contribution is 5.81. The second-order valence-corrected chi connectivity index (χ2v) is 25.0. The minimum Gasteiger partial charge on any atom is -0.465 e. The lowest BCUT2D eigenvalue weighted by Gasteiger charge is -2.41. The number of carbonyl (C=O) groups is 6. The number of rotatable bonds is 11. The van der Waals surface area contributed by atoms with Crippen LogP contribution in [-0.4, -0.2) is 72.4 Å². The van der Waals surface area contributed by atoms with Crippen molar-refractivity contribution >= 4 is 35.8 Å². The topological polar surface area (TPSA) is 158 Å². The first-order valence-corrected chi connectivity index (χ1v) is 25.6. The summed E-state index contributed by atoms with van der Waals surface area (Å²) in [4.78, 5) is 72.2. The third-order valence-electron chi connectivity index (χ3n) is 17.0. The second kappa shape index (κ2) is 18.7. The van der Waals surface area contributed by atoms with Crippen molar-refractivity contribution < 1.29 is 57.2 Å². The third kappa shape index (κ3) is 10.8. The van der Waals surface area contributed by atoms with Gasteiger partial charge in [0, 0.05) is 0 Å². The van der Waals surface area contributed by atoms with Crippen LogP contribution in [0.5, 0.6) is 0 Å². The van der Waals surface area contributed by atoms with Crippen LogP contribution in [0.25, 0.3) is 0 Å². The first-order valence-electron chi connectivity index (χ1n) is 25.6. The number of ether oxygens (including phenoxy) is 6. The van der Waals surface area contributed by atoms with Crippen LogP contribution in [0.1, 0.15) is 133 Å². The van der Waals surface area contributed by atoms with Gasteiger partial charge in [-0.15, -0.1) is 0 Å². The molecule has 7 fully saturated rings. The summed E-state index contributed by atoms with van der Waals surface area (Å²) in [6, 6.07) is 0. The summed E-state index contributed by atoms with van der Waals surface area (Å²) >= 11 is 0. The average Bonchev–Trinajstić information content (AvgIpc) is 4.08. The Labute approximate surface area is 398 Å². The summed E-state index contributed by atoms with van der Waals surface area (Å²) in [6.07, 6.45) is 23.0. The van der Waals surface area contributed by atoms with Gasteiger partial charge in [-0.05, 0) is 203 Å². The van der Waals surface area contributed by atoms with Crippen molar-refractivity contribution in [2.45, 2.75) is 150 Å². The van der Waals surface area contributed by atoms with E-state index in [4.69, 9.17) is 28.4 Å². The molecule has 10 aliphatic carbocycles. The number of hydrogen-bond donors (Lipinski definition) is 0. The zero-order valence-electron chi connectivity index (χ0n) is 41.8. The molecule has 0 aromatic carbocycles. The Hall–Kier alpha value is -3.96. The lowest BCUT2D eigenvalue weighted by Crippen LogP contribution is -2.43. The van der Waals surface area contributed by atoms with Crippen molar-refractivity contribution in [1.82, 2.24) is 0 Å². The molecule has 17 unspecified atom stereocenters. The Morgan fingerprint density at radius 2 is 0.985 bits per heavy atom. The van der Waals surface area contributed by atoms with Gasteiger partial charge in [0.2, 0.25) is 0 Å². The molecule has 0 radical (unpaired) electrons. The van der Waals surface area contributed by atoms with Gasteiger partial charge < -0.3 is 28.4 Å². The first kappa shape index (κ1) is 49.5. The van der Waals surface area contributed by atoms with Gasteiger partial charge in [0.05, 0.1) is 30.1 Å². The Bertz CT molecular complexity index is 2010. The number of allylic oxidation sites excluding steroid dienone is 6. The van der Waals surface area contributed by atoms with Crippen LogP contribution in [0.3, 0.4) is 0 Å². The quantitative estimate of drug-likeness (QED) is 0.0839. The molecule has 10 aliphatic rings. The molecule has 0 spiro atoms. The fourth-order valence-electron chi connectivity index (χ4n) is 15.1. The maximum atomic E-state index is 12.8. The van der Waals surface area contributed by atoms with E-state index in [0.717, 1.165) is 55.8 Å². The fourth-order valence-corrected chi connectivity index (χ4v) is 15.1.